The average Bonchev–Trinajstić information content (AvgIpc) is 3.88. The molecular formula is C47H63N9O7S. The van der Waals surface area contributed by atoms with E-state index in [-0.39, 0.29) is 50.0 Å². The molecular weight excluding hydrogens is 835 g/mol. The van der Waals surface area contributed by atoms with Gasteiger partial charge >= 0.3 is 12.1 Å². The summed E-state index contributed by atoms with van der Waals surface area (Å²) in [5.41, 5.74) is 6.31. The van der Waals surface area contributed by atoms with E-state index in [0.717, 1.165) is 27.4 Å². The smallest absolute Gasteiger partial charge is 0.407 e. The monoisotopic (exact) mass is 897 g/mol. The van der Waals surface area contributed by atoms with Crippen molar-refractivity contribution in [3.63, 3.8) is 0 Å². The predicted octanol–water partition coefficient (Wildman–Crippen LogP) is 5.45. The molecule has 1 aliphatic rings. The van der Waals surface area contributed by atoms with Crippen molar-refractivity contribution in [1.82, 2.24) is 46.2 Å². The molecule has 0 radical (unpaired) electrons. The molecule has 4 aromatic rings. The normalized spacial score (nSPS) is 15.8. The number of thiazole rings is 1. The molecule has 1 saturated heterocycles. The van der Waals surface area contributed by atoms with Crippen LogP contribution in [0.15, 0.2) is 84.4 Å². The number of hydrazine groups is 1. The third kappa shape index (κ3) is 13.5. The number of urea groups is 1. The number of amides is 6. The number of carbonyl (C=O) groups excluding carboxylic acids is 5. The van der Waals surface area contributed by atoms with Gasteiger partial charge in [0.05, 0.1) is 43.2 Å². The highest BCUT2D eigenvalue weighted by molar-refractivity contribution is 7.09. The molecule has 6 atom stereocenters. The van der Waals surface area contributed by atoms with Crippen molar-refractivity contribution in [3.8, 4) is 11.3 Å². The Labute approximate surface area is 380 Å². The molecule has 0 unspecified atom stereocenters. The maximum Gasteiger partial charge on any atom is 0.407 e. The summed E-state index contributed by atoms with van der Waals surface area (Å²) in [5.74, 6) is -1.32. The van der Waals surface area contributed by atoms with Gasteiger partial charge < -0.3 is 35.6 Å². The van der Waals surface area contributed by atoms with Gasteiger partial charge in [-0.15, -0.1) is 11.3 Å². The fourth-order valence-electron chi connectivity index (χ4n) is 7.62. The molecule has 5 rings (SSSR count). The number of hydrogen-bond donors (Lipinski definition) is 5. The Morgan fingerprint density at radius 1 is 0.922 bits per heavy atom. The number of alkyl carbamates (subject to hydrolysis) is 1. The fraction of sp³-hybridized carbons (Fsp3) is 0.468. The first-order valence-electron chi connectivity index (χ1n) is 21.7. The van der Waals surface area contributed by atoms with Crippen molar-refractivity contribution in [3.05, 3.63) is 106 Å². The lowest BCUT2D eigenvalue weighted by atomic mass is 9.86. The second-order valence-electron chi connectivity index (χ2n) is 17.4. The van der Waals surface area contributed by atoms with Gasteiger partial charge in [0.25, 0.3) is 5.91 Å². The fourth-order valence-corrected chi connectivity index (χ4v) is 8.44. The molecule has 6 amide bonds. The van der Waals surface area contributed by atoms with Crippen LogP contribution in [0.4, 0.5) is 9.59 Å². The van der Waals surface area contributed by atoms with Crippen molar-refractivity contribution in [2.45, 2.75) is 105 Å². The summed E-state index contributed by atoms with van der Waals surface area (Å²) in [4.78, 5) is 79.1. The number of ether oxygens (including phenoxy) is 1. The number of carbonyl (C=O) groups is 5. The van der Waals surface area contributed by atoms with E-state index < -0.39 is 47.6 Å². The number of pyridine rings is 1. The number of benzene rings is 2. The zero-order chi connectivity index (χ0) is 46.6. The average molecular weight is 898 g/mol. The SMILES string of the molecule is CC[C@H](C)[C@@H](C(=O)N[C@@H](Cc1ccccc1)[C@@H](O)CN(Cc1ccc(-c2ccccn2)cc1)NC(=O)[C@@H](NC(=O)OC)C(C)(C)C)N1CCN(Cc2csc([C@H](C)NC(C)=O)n2)C1=O. The molecule has 16 nitrogen and oxygen atoms in total. The molecule has 0 spiro atoms. The lowest BCUT2D eigenvalue weighted by Gasteiger charge is -2.36. The van der Waals surface area contributed by atoms with Gasteiger partial charge in [-0.2, -0.15) is 0 Å². The molecule has 0 bridgehead atoms. The van der Waals surface area contributed by atoms with Gasteiger partial charge in [-0.1, -0.05) is 102 Å². The van der Waals surface area contributed by atoms with Crippen LogP contribution in [-0.4, -0.2) is 111 Å². The molecule has 344 valence electrons. The quantitative estimate of drug-likeness (QED) is 0.0712. The number of aromatic nitrogens is 2. The van der Waals surface area contributed by atoms with Crippen molar-refractivity contribution >= 4 is 41.2 Å². The second kappa shape index (κ2) is 22.6. The molecule has 2 aromatic carbocycles. The van der Waals surface area contributed by atoms with Crippen LogP contribution in [0.25, 0.3) is 11.3 Å². The van der Waals surface area contributed by atoms with Gasteiger partial charge in [0.2, 0.25) is 11.8 Å². The first-order valence-corrected chi connectivity index (χ1v) is 22.5. The van der Waals surface area contributed by atoms with Crippen molar-refractivity contribution in [2.75, 3.05) is 26.7 Å². The van der Waals surface area contributed by atoms with E-state index in [1.807, 2.05) is 120 Å². The summed E-state index contributed by atoms with van der Waals surface area (Å²) < 4.78 is 4.83. The molecule has 0 saturated carbocycles. The topological polar surface area (TPSA) is 198 Å². The largest absolute Gasteiger partial charge is 0.453 e. The third-order valence-corrected chi connectivity index (χ3v) is 12.3. The number of methoxy groups -OCH3 is 1. The molecule has 17 heteroatoms. The van der Waals surface area contributed by atoms with Gasteiger partial charge in [0.1, 0.15) is 17.1 Å². The Morgan fingerprint density at radius 2 is 1.62 bits per heavy atom. The molecule has 1 fully saturated rings. The summed E-state index contributed by atoms with van der Waals surface area (Å²) in [5, 5.41) is 25.0. The molecule has 2 aromatic heterocycles. The highest BCUT2D eigenvalue weighted by Gasteiger charge is 2.41. The van der Waals surface area contributed by atoms with E-state index in [2.05, 4.69) is 31.3 Å². The first kappa shape index (κ1) is 49.1. The molecule has 1 aliphatic heterocycles. The summed E-state index contributed by atoms with van der Waals surface area (Å²) >= 11 is 1.41. The van der Waals surface area contributed by atoms with Gasteiger partial charge in [-0.3, -0.25) is 24.8 Å². The Bertz CT molecular complexity index is 2170. The Hall–Kier alpha value is -5.91. The van der Waals surface area contributed by atoms with Crippen molar-refractivity contribution < 1.29 is 33.8 Å². The van der Waals surface area contributed by atoms with E-state index >= 15 is 0 Å². The minimum Gasteiger partial charge on any atom is -0.453 e. The zero-order valence-electron chi connectivity index (χ0n) is 38.0. The Kier molecular flexibility index (Phi) is 17.4. The molecule has 0 aliphatic carbocycles. The number of aliphatic hydroxyl groups is 1. The number of nitrogens with one attached hydrogen (secondary N) is 4. The van der Waals surface area contributed by atoms with E-state index in [1.54, 1.807) is 21.0 Å². The highest BCUT2D eigenvalue weighted by Crippen LogP contribution is 2.26. The second-order valence-corrected chi connectivity index (χ2v) is 18.3. The summed E-state index contributed by atoms with van der Waals surface area (Å²) in [6.45, 7) is 13.7. The molecule has 5 N–H and O–H groups in total. The van der Waals surface area contributed by atoms with E-state index in [9.17, 15) is 29.1 Å². The van der Waals surface area contributed by atoms with E-state index in [4.69, 9.17) is 4.74 Å². The van der Waals surface area contributed by atoms with Gasteiger partial charge in [0.15, 0.2) is 0 Å². The van der Waals surface area contributed by atoms with E-state index in [1.165, 1.54) is 25.4 Å². The predicted molar refractivity (Wildman–Crippen MR) is 245 cm³/mol. The number of hydrogen-bond acceptors (Lipinski definition) is 11. The molecule has 64 heavy (non-hydrogen) atoms. The third-order valence-electron chi connectivity index (χ3n) is 11.3. The number of nitrogens with zero attached hydrogens (tertiary/aromatic N) is 5. The standard InChI is InChI=1S/C47H63N9O7S/c1-9-30(2)40(56-24-23-54(46(56)62)27-36-29-64-44(50-36)31(3)49-32(4)57)42(59)51-38(25-33-15-11-10-12-16-33)39(58)28-55(53-43(60)41(47(5,6)7)52-45(61)63-8)26-34-18-20-35(21-19-34)37-17-13-14-22-48-37/h10-22,29-31,38-41,58H,9,23-28H2,1-8H3,(H,49,57)(H,51,59)(H,52,61)(H,53,60)/t30-,31-,38-,39-,40-,41+/m0/s1. The lowest BCUT2D eigenvalue weighted by Crippen LogP contribution is -2.60. The molecule has 3 heterocycles. The maximum absolute atomic E-state index is 14.6. The summed E-state index contributed by atoms with van der Waals surface area (Å²) in [6, 6.07) is 19.6. The Balaban J connectivity index is 1.39. The van der Waals surface area contributed by atoms with Crippen molar-refractivity contribution in [1.29, 1.82) is 0 Å². The van der Waals surface area contributed by atoms with Crippen LogP contribution in [0.5, 0.6) is 0 Å². The van der Waals surface area contributed by atoms with Crippen LogP contribution >= 0.6 is 11.3 Å². The maximum atomic E-state index is 14.6. The van der Waals surface area contributed by atoms with Crippen LogP contribution in [0.3, 0.4) is 0 Å². The van der Waals surface area contributed by atoms with Crippen molar-refractivity contribution in [2.24, 2.45) is 11.3 Å². The van der Waals surface area contributed by atoms with Gasteiger partial charge in [-0.05, 0) is 47.9 Å². The minimum atomic E-state index is -1.24. The number of aliphatic hydroxyl groups excluding tert-OH is 1. The summed E-state index contributed by atoms with van der Waals surface area (Å²) in [6.07, 6.45) is 0.581. The van der Waals surface area contributed by atoms with Crippen LogP contribution in [0.2, 0.25) is 0 Å². The van der Waals surface area contributed by atoms with Gasteiger partial charge in [-0.25, -0.2) is 19.6 Å². The Morgan fingerprint density at radius 3 is 2.25 bits per heavy atom. The van der Waals surface area contributed by atoms with E-state index in [0.29, 0.717) is 25.2 Å². The zero-order valence-corrected chi connectivity index (χ0v) is 38.9. The number of rotatable bonds is 20. The lowest BCUT2D eigenvalue weighted by molar-refractivity contribution is -0.132. The van der Waals surface area contributed by atoms with Crippen LogP contribution < -0.4 is 21.4 Å². The van der Waals surface area contributed by atoms with Crippen LogP contribution in [-0.2, 0) is 38.6 Å². The highest BCUT2D eigenvalue weighted by atomic mass is 32.1. The first-order chi connectivity index (χ1) is 30.5. The van der Waals surface area contributed by atoms with Crippen LogP contribution in [0, 0.1) is 11.3 Å². The summed E-state index contributed by atoms with van der Waals surface area (Å²) in [7, 11) is 1.23. The minimum absolute atomic E-state index is 0.124. The van der Waals surface area contributed by atoms with Crippen LogP contribution in [0.1, 0.15) is 82.8 Å². The van der Waals surface area contributed by atoms with Gasteiger partial charge in [0, 0.05) is 50.2 Å².